The molecule has 0 bridgehead atoms. The molecule has 0 radical (unpaired) electrons. The summed E-state index contributed by atoms with van der Waals surface area (Å²) in [6.45, 7) is -0.310. The Morgan fingerprint density at radius 3 is 2.67 bits per heavy atom. The van der Waals surface area contributed by atoms with Crippen LogP contribution in [-0.2, 0) is 14.8 Å². The molecule has 1 aliphatic rings. The van der Waals surface area contributed by atoms with Crippen molar-refractivity contribution in [2.75, 3.05) is 6.54 Å². The number of β-amino-alcohol motifs (C(OH)–C–C–N with tert-alkyl or cyclic N) is 1. The lowest BCUT2D eigenvalue weighted by atomic mass is 10.2. The van der Waals surface area contributed by atoms with Gasteiger partial charge in [0.05, 0.1) is 22.8 Å². The van der Waals surface area contributed by atoms with Crippen LogP contribution < -0.4 is 0 Å². The summed E-state index contributed by atoms with van der Waals surface area (Å²) >= 11 is 5.87. The second-order valence-electron chi connectivity index (χ2n) is 4.58. The Morgan fingerprint density at radius 1 is 1.48 bits per heavy atom. The predicted octanol–water partition coefficient (Wildman–Crippen LogP) is 0.420. The van der Waals surface area contributed by atoms with Crippen LogP contribution in [0.25, 0.3) is 0 Å². The zero-order chi connectivity index (χ0) is 15.8. The lowest BCUT2D eigenvalue weighted by Gasteiger charge is -2.21. The van der Waals surface area contributed by atoms with Gasteiger partial charge in [0.15, 0.2) is 0 Å². The number of halogens is 1. The summed E-state index contributed by atoms with van der Waals surface area (Å²) in [5, 5.41) is 27.2. The number of carboxylic acid groups (broad SMARTS) is 1. The number of aliphatic hydroxyl groups is 1. The molecule has 1 aliphatic heterocycles. The van der Waals surface area contributed by atoms with Crippen molar-refractivity contribution in [3.05, 3.63) is 28.8 Å². The summed E-state index contributed by atoms with van der Waals surface area (Å²) in [6, 6.07) is 4.11. The van der Waals surface area contributed by atoms with Gasteiger partial charge in [-0.05, 0) is 18.2 Å². The quantitative estimate of drug-likeness (QED) is 0.829. The molecule has 2 rings (SSSR count). The van der Waals surface area contributed by atoms with Gasteiger partial charge in [-0.25, -0.2) is 8.42 Å². The number of rotatable bonds is 3. The highest BCUT2D eigenvalue weighted by molar-refractivity contribution is 7.89. The van der Waals surface area contributed by atoms with Gasteiger partial charge in [0.1, 0.15) is 10.9 Å². The summed E-state index contributed by atoms with van der Waals surface area (Å²) in [5.41, 5.74) is 0.190. The highest BCUT2D eigenvalue weighted by Crippen LogP contribution is 2.31. The summed E-state index contributed by atoms with van der Waals surface area (Å²) in [4.78, 5) is 10.8. The third kappa shape index (κ3) is 2.87. The molecule has 7 nitrogen and oxygen atoms in total. The number of nitriles is 1. The number of carbonyl (C=O) groups is 1. The van der Waals surface area contributed by atoms with Crippen LogP contribution in [0, 0.1) is 11.3 Å². The van der Waals surface area contributed by atoms with Crippen molar-refractivity contribution in [2.45, 2.75) is 23.5 Å². The van der Waals surface area contributed by atoms with Crippen LogP contribution in [0.15, 0.2) is 23.1 Å². The van der Waals surface area contributed by atoms with E-state index in [0.717, 1.165) is 6.07 Å². The molecule has 0 spiro atoms. The number of aliphatic carboxylic acids is 1. The van der Waals surface area contributed by atoms with Crippen LogP contribution >= 0.6 is 11.6 Å². The summed E-state index contributed by atoms with van der Waals surface area (Å²) in [7, 11) is -4.17. The van der Waals surface area contributed by atoms with Gasteiger partial charge in [0.2, 0.25) is 10.0 Å². The van der Waals surface area contributed by atoms with E-state index in [0.29, 0.717) is 4.31 Å². The van der Waals surface area contributed by atoms with Crippen LogP contribution in [0.1, 0.15) is 12.0 Å². The highest BCUT2D eigenvalue weighted by Gasteiger charge is 2.44. The van der Waals surface area contributed by atoms with Crippen LogP contribution in [0.5, 0.6) is 0 Å². The number of aliphatic hydroxyl groups excluding tert-OH is 1. The Kier molecular flexibility index (Phi) is 4.20. The van der Waals surface area contributed by atoms with E-state index < -0.39 is 28.1 Å². The first kappa shape index (κ1) is 15.7. The molecule has 1 saturated heterocycles. The molecule has 112 valence electrons. The Hall–Kier alpha value is -1.66. The van der Waals surface area contributed by atoms with Crippen molar-refractivity contribution in [3.63, 3.8) is 0 Å². The Bertz CT molecular complexity index is 728. The molecule has 0 saturated carbocycles. The molecule has 0 amide bonds. The number of hydrogen-bond donors (Lipinski definition) is 2. The minimum absolute atomic E-state index is 0.167. The summed E-state index contributed by atoms with van der Waals surface area (Å²) in [6.07, 6.45) is -1.22. The fourth-order valence-electron chi connectivity index (χ4n) is 2.18. The first-order valence-electron chi connectivity index (χ1n) is 5.89. The third-order valence-corrected chi connectivity index (χ3v) is 5.52. The van der Waals surface area contributed by atoms with Crippen LogP contribution in [0.3, 0.4) is 0 Å². The molecular formula is C12H11ClN2O5S. The van der Waals surface area contributed by atoms with Crippen molar-refractivity contribution >= 4 is 27.6 Å². The zero-order valence-electron chi connectivity index (χ0n) is 10.6. The van der Waals surface area contributed by atoms with Gasteiger partial charge in [-0.1, -0.05) is 11.6 Å². The molecule has 0 aromatic heterocycles. The number of sulfonamides is 1. The van der Waals surface area contributed by atoms with Gasteiger partial charge >= 0.3 is 5.97 Å². The van der Waals surface area contributed by atoms with Crippen LogP contribution in [-0.4, -0.2) is 47.6 Å². The van der Waals surface area contributed by atoms with Crippen molar-refractivity contribution in [3.8, 4) is 6.07 Å². The largest absolute Gasteiger partial charge is 0.480 e. The molecule has 0 aliphatic carbocycles. The van der Waals surface area contributed by atoms with E-state index in [-0.39, 0.29) is 28.4 Å². The predicted molar refractivity (Wildman–Crippen MR) is 72.1 cm³/mol. The van der Waals surface area contributed by atoms with Gasteiger partial charge < -0.3 is 10.2 Å². The summed E-state index contributed by atoms with van der Waals surface area (Å²) < 4.78 is 25.7. The normalized spacial score (nSPS) is 22.9. The van der Waals surface area contributed by atoms with E-state index >= 15 is 0 Å². The Balaban J connectivity index is 2.47. The average Bonchev–Trinajstić information content (AvgIpc) is 2.81. The maximum absolute atomic E-state index is 12.5. The standard InChI is InChI=1S/C12H11ClN2O5S/c13-9-3-7(5-14)1-2-11(9)21(19,20)15-6-8(16)4-10(15)12(17)18/h1-3,8,10,16H,4,6H2,(H,17,18)/t8-,10-/m0/s1. The van der Waals surface area contributed by atoms with Gasteiger partial charge in [-0.15, -0.1) is 0 Å². The molecule has 2 N–H and O–H groups in total. The molecule has 1 aromatic carbocycles. The maximum Gasteiger partial charge on any atom is 0.322 e. The van der Waals surface area contributed by atoms with Gasteiger partial charge in [0, 0.05) is 13.0 Å². The van der Waals surface area contributed by atoms with E-state index in [1.54, 1.807) is 0 Å². The third-order valence-electron chi connectivity index (χ3n) is 3.17. The van der Waals surface area contributed by atoms with Crippen LogP contribution in [0.4, 0.5) is 0 Å². The fourth-order valence-corrected chi connectivity index (χ4v) is 4.33. The molecule has 1 fully saturated rings. The smallest absolute Gasteiger partial charge is 0.322 e. The average molecular weight is 331 g/mol. The van der Waals surface area contributed by atoms with E-state index in [1.807, 2.05) is 6.07 Å². The maximum atomic E-state index is 12.5. The van der Waals surface area contributed by atoms with E-state index in [4.69, 9.17) is 22.0 Å². The SMILES string of the molecule is N#Cc1ccc(S(=O)(=O)N2C[C@@H](O)C[C@H]2C(=O)O)c(Cl)c1. The lowest BCUT2D eigenvalue weighted by Crippen LogP contribution is -2.40. The highest BCUT2D eigenvalue weighted by atomic mass is 35.5. The Morgan fingerprint density at radius 2 is 2.14 bits per heavy atom. The molecule has 9 heteroatoms. The summed E-state index contributed by atoms with van der Waals surface area (Å²) in [5.74, 6) is -1.33. The van der Waals surface area contributed by atoms with Gasteiger partial charge in [-0.2, -0.15) is 9.57 Å². The number of benzene rings is 1. The monoisotopic (exact) mass is 330 g/mol. The number of carboxylic acids is 1. The van der Waals surface area contributed by atoms with Gasteiger partial charge in [0.25, 0.3) is 0 Å². The van der Waals surface area contributed by atoms with E-state index in [9.17, 15) is 18.3 Å². The number of hydrogen-bond acceptors (Lipinski definition) is 5. The van der Waals surface area contributed by atoms with Crippen molar-refractivity contribution in [2.24, 2.45) is 0 Å². The van der Waals surface area contributed by atoms with Crippen molar-refractivity contribution in [1.82, 2.24) is 4.31 Å². The minimum atomic E-state index is -4.17. The topological polar surface area (TPSA) is 119 Å². The first-order chi connectivity index (χ1) is 9.77. The second-order valence-corrected chi connectivity index (χ2v) is 6.84. The van der Waals surface area contributed by atoms with Crippen LogP contribution in [0.2, 0.25) is 5.02 Å². The van der Waals surface area contributed by atoms with E-state index in [1.165, 1.54) is 12.1 Å². The fraction of sp³-hybridized carbons (Fsp3) is 0.333. The molecule has 0 unspecified atom stereocenters. The first-order valence-corrected chi connectivity index (χ1v) is 7.71. The Labute approximate surface area is 126 Å². The molecular weight excluding hydrogens is 320 g/mol. The number of nitrogens with zero attached hydrogens (tertiary/aromatic N) is 2. The van der Waals surface area contributed by atoms with Crippen molar-refractivity contribution < 1.29 is 23.4 Å². The molecule has 1 heterocycles. The minimum Gasteiger partial charge on any atom is -0.480 e. The molecule has 21 heavy (non-hydrogen) atoms. The molecule has 1 aromatic rings. The second kappa shape index (κ2) is 5.61. The lowest BCUT2D eigenvalue weighted by molar-refractivity contribution is -0.140. The van der Waals surface area contributed by atoms with Crippen molar-refractivity contribution in [1.29, 1.82) is 5.26 Å². The van der Waals surface area contributed by atoms with E-state index in [2.05, 4.69) is 0 Å². The van der Waals surface area contributed by atoms with Gasteiger partial charge in [-0.3, -0.25) is 4.79 Å². The molecule has 2 atom stereocenters. The zero-order valence-corrected chi connectivity index (χ0v) is 12.2.